The summed E-state index contributed by atoms with van der Waals surface area (Å²) in [5.41, 5.74) is -0.998. The van der Waals surface area contributed by atoms with Gasteiger partial charge in [0.1, 0.15) is 5.60 Å². The summed E-state index contributed by atoms with van der Waals surface area (Å²) in [4.78, 5) is 26.5. The number of hydrogen-bond acceptors (Lipinski definition) is 5. The molecular weight excluding hydrogens is 284 g/mol. The second-order valence-electron chi connectivity index (χ2n) is 7.23. The first-order chi connectivity index (χ1) is 10.3. The van der Waals surface area contributed by atoms with Gasteiger partial charge in [-0.05, 0) is 40.5 Å². The zero-order chi connectivity index (χ0) is 16.4. The van der Waals surface area contributed by atoms with Gasteiger partial charge in [-0.1, -0.05) is 0 Å². The summed E-state index contributed by atoms with van der Waals surface area (Å²) in [6, 6.07) is 0. The molecule has 6 nitrogen and oxygen atoms in total. The Labute approximate surface area is 132 Å². The Balaban J connectivity index is 2.11. The monoisotopic (exact) mass is 312 g/mol. The van der Waals surface area contributed by atoms with Crippen LogP contribution in [0.15, 0.2) is 0 Å². The lowest BCUT2D eigenvalue weighted by molar-refractivity contribution is -0.157. The fourth-order valence-electron chi connectivity index (χ4n) is 3.39. The smallest absolute Gasteiger partial charge is 0.410 e. The molecule has 2 aliphatic rings. The average molecular weight is 312 g/mol. The molecule has 2 saturated heterocycles. The maximum atomic E-state index is 12.5. The highest BCUT2D eigenvalue weighted by atomic mass is 16.6. The van der Waals surface area contributed by atoms with Crippen LogP contribution in [0.4, 0.5) is 4.79 Å². The molecule has 2 rings (SSSR count). The molecule has 0 bridgehead atoms. The molecule has 1 amide bonds. The Morgan fingerprint density at radius 3 is 2.73 bits per heavy atom. The van der Waals surface area contributed by atoms with Gasteiger partial charge in [0.05, 0.1) is 12.0 Å². The zero-order valence-electron chi connectivity index (χ0n) is 14.1. The van der Waals surface area contributed by atoms with Gasteiger partial charge in [-0.3, -0.25) is 4.79 Å². The summed E-state index contributed by atoms with van der Waals surface area (Å²) in [5, 5.41) is 3.30. The number of carbonyl (C=O) groups is 2. The lowest BCUT2D eigenvalue weighted by Gasteiger charge is -2.32. The third-order valence-electron chi connectivity index (χ3n) is 4.44. The van der Waals surface area contributed by atoms with Crippen molar-refractivity contribution >= 4 is 12.1 Å². The van der Waals surface area contributed by atoms with E-state index in [1.165, 1.54) is 0 Å². The zero-order valence-corrected chi connectivity index (χ0v) is 14.1. The predicted molar refractivity (Wildman–Crippen MR) is 82.5 cm³/mol. The second kappa shape index (κ2) is 6.44. The molecule has 0 unspecified atom stereocenters. The summed E-state index contributed by atoms with van der Waals surface area (Å²) in [5.74, 6) is -0.0439. The van der Waals surface area contributed by atoms with Crippen molar-refractivity contribution in [2.45, 2.75) is 46.1 Å². The summed E-state index contributed by atoms with van der Waals surface area (Å²) in [6.07, 6.45) is 1.25. The number of fused-ring (bicyclic) bond motifs is 1. The van der Waals surface area contributed by atoms with E-state index >= 15 is 0 Å². The Morgan fingerprint density at radius 2 is 2.09 bits per heavy atom. The van der Waals surface area contributed by atoms with Gasteiger partial charge in [0.2, 0.25) is 0 Å². The summed E-state index contributed by atoms with van der Waals surface area (Å²) in [6.45, 7) is 10.4. The highest BCUT2D eigenvalue weighted by molar-refractivity contribution is 5.78. The molecule has 0 aromatic carbocycles. The van der Waals surface area contributed by atoms with Gasteiger partial charge in [-0.25, -0.2) is 4.79 Å². The molecule has 126 valence electrons. The van der Waals surface area contributed by atoms with E-state index in [1.807, 2.05) is 27.7 Å². The molecule has 22 heavy (non-hydrogen) atoms. The maximum Gasteiger partial charge on any atom is 0.410 e. The minimum Gasteiger partial charge on any atom is -0.466 e. The molecule has 0 aliphatic carbocycles. The van der Waals surface area contributed by atoms with Crippen LogP contribution < -0.4 is 5.32 Å². The van der Waals surface area contributed by atoms with E-state index in [2.05, 4.69) is 5.32 Å². The molecule has 0 radical (unpaired) electrons. The van der Waals surface area contributed by atoms with Crippen molar-refractivity contribution in [3.05, 3.63) is 0 Å². The quantitative estimate of drug-likeness (QED) is 0.787. The summed E-state index contributed by atoms with van der Waals surface area (Å²) in [7, 11) is 0. The Morgan fingerprint density at radius 1 is 1.36 bits per heavy atom. The topological polar surface area (TPSA) is 67.9 Å². The van der Waals surface area contributed by atoms with E-state index in [4.69, 9.17) is 9.47 Å². The molecule has 2 aliphatic heterocycles. The first-order valence-electron chi connectivity index (χ1n) is 8.14. The van der Waals surface area contributed by atoms with Crippen molar-refractivity contribution in [3.63, 3.8) is 0 Å². The number of likely N-dealkylation sites (tertiary alicyclic amines) is 1. The molecule has 1 N–H and O–H groups in total. The van der Waals surface area contributed by atoms with Crippen LogP contribution in [0.5, 0.6) is 0 Å². The lowest BCUT2D eigenvalue weighted by atomic mass is 9.75. The summed E-state index contributed by atoms with van der Waals surface area (Å²) < 4.78 is 10.8. The largest absolute Gasteiger partial charge is 0.466 e. The molecule has 2 atom stereocenters. The van der Waals surface area contributed by atoms with Crippen LogP contribution in [0.2, 0.25) is 0 Å². The minimum atomic E-state index is -0.504. The molecule has 2 fully saturated rings. The van der Waals surface area contributed by atoms with Gasteiger partial charge in [-0.15, -0.1) is 0 Å². The number of amides is 1. The van der Waals surface area contributed by atoms with E-state index < -0.39 is 11.0 Å². The van der Waals surface area contributed by atoms with Crippen LogP contribution in [0, 0.1) is 11.3 Å². The van der Waals surface area contributed by atoms with E-state index in [0.29, 0.717) is 26.2 Å². The standard InChI is InChI=1S/C16H28N2O4/c1-5-21-13(19)16-7-6-8-18(10-12(16)9-17-11-16)14(20)22-15(2,3)4/h12,17H,5-11H2,1-4H3/t12-,16-/m0/s1. The number of nitrogens with one attached hydrogen (secondary N) is 1. The van der Waals surface area contributed by atoms with Gasteiger partial charge in [0.15, 0.2) is 0 Å². The normalized spacial score (nSPS) is 28.7. The van der Waals surface area contributed by atoms with E-state index in [1.54, 1.807) is 4.90 Å². The molecule has 0 aromatic rings. The van der Waals surface area contributed by atoms with E-state index in [0.717, 1.165) is 19.4 Å². The highest BCUT2D eigenvalue weighted by Gasteiger charge is 2.52. The van der Waals surface area contributed by atoms with Crippen LogP contribution in [-0.4, -0.2) is 55.3 Å². The number of esters is 1. The van der Waals surface area contributed by atoms with Crippen molar-refractivity contribution in [1.82, 2.24) is 10.2 Å². The average Bonchev–Trinajstić information content (AvgIpc) is 2.71. The lowest BCUT2D eigenvalue weighted by Crippen LogP contribution is -2.44. The second-order valence-corrected chi connectivity index (χ2v) is 7.23. The Kier molecular flexibility index (Phi) is 5.00. The number of nitrogens with zero attached hydrogens (tertiary/aromatic N) is 1. The van der Waals surface area contributed by atoms with Crippen molar-refractivity contribution in [2.75, 3.05) is 32.8 Å². The first kappa shape index (κ1) is 17.1. The Hall–Kier alpha value is -1.30. The number of carbonyl (C=O) groups excluding carboxylic acids is 2. The minimum absolute atomic E-state index is 0.0848. The van der Waals surface area contributed by atoms with Crippen molar-refractivity contribution < 1.29 is 19.1 Å². The molecule has 2 heterocycles. The van der Waals surface area contributed by atoms with E-state index in [-0.39, 0.29) is 18.0 Å². The third-order valence-corrected chi connectivity index (χ3v) is 4.44. The summed E-state index contributed by atoms with van der Waals surface area (Å²) >= 11 is 0. The van der Waals surface area contributed by atoms with Crippen LogP contribution >= 0.6 is 0 Å². The van der Waals surface area contributed by atoms with Gasteiger partial charge in [-0.2, -0.15) is 0 Å². The molecule has 0 spiro atoms. The fourth-order valence-corrected chi connectivity index (χ4v) is 3.39. The third kappa shape index (κ3) is 3.54. The highest BCUT2D eigenvalue weighted by Crippen LogP contribution is 2.40. The van der Waals surface area contributed by atoms with Crippen LogP contribution in [0.1, 0.15) is 40.5 Å². The maximum absolute atomic E-state index is 12.5. The number of hydrogen-bond donors (Lipinski definition) is 1. The predicted octanol–water partition coefficient (Wildman–Crippen LogP) is 1.79. The van der Waals surface area contributed by atoms with Gasteiger partial charge < -0.3 is 19.7 Å². The fraction of sp³-hybridized carbons (Fsp3) is 0.875. The number of ether oxygens (including phenoxy) is 2. The molecule has 0 saturated carbocycles. The molecule has 0 aromatic heterocycles. The van der Waals surface area contributed by atoms with Crippen molar-refractivity contribution in [3.8, 4) is 0 Å². The van der Waals surface area contributed by atoms with Crippen molar-refractivity contribution in [1.29, 1.82) is 0 Å². The van der Waals surface area contributed by atoms with E-state index in [9.17, 15) is 9.59 Å². The molecule has 6 heteroatoms. The van der Waals surface area contributed by atoms with Gasteiger partial charge in [0, 0.05) is 32.1 Å². The SMILES string of the molecule is CCOC(=O)[C@]12CCCN(C(=O)OC(C)(C)C)C[C@@H]1CNC2. The number of rotatable bonds is 2. The molecular formula is C16H28N2O4. The van der Waals surface area contributed by atoms with Crippen LogP contribution in [0.25, 0.3) is 0 Å². The van der Waals surface area contributed by atoms with Gasteiger partial charge in [0.25, 0.3) is 0 Å². The first-order valence-corrected chi connectivity index (χ1v) is 8.14. The van der Waals surface area contributed by atoms with Gasteiger partial charge >= 0.3 is 12.1 Å². The van der Waals surface area contributed by atoms with Crippen molar-refractivity contribution in [2.24, 2.45) is 11.3 Å². The Bertz CT molecular complexity index is 432. The van der Waals surface area contributed by atoms with Crippen LogP contribution in [-0.2, 0) is 14.3 Å². The van der Waals surface area contributed by atoms with Crippen LogP contribution in [0.3, 0.4) is 0 Å².